The summed E-state index contributed by atoms with van der Waals surface area (Å²) >= 11 is 0. The van der Waals surface area contributed by atoms with Crippen LogP contribution in [-0.2, 0) is 20.9 Å². The molecular formula is C21H27F3N2O4. The molecule has 0 aromatic heterocycles. The van der Waals surface area contributed by atoms with Crippen molar-refractivity contribution in [2.24, 2.45) is 11.8 Å². The molecule has 2 aliphatic heterocycles. The first-order chi connectivity index (χ1) is 14.1. The van der Waals surface area contributed by atoms with E-state index in [0.29, 0.717) is 0 Å². The van der Waals surface area contributed by atoms with Gasteiger partial charge in [0, 0.05) is 26.2 Å². The Kier molecular flexibility index (Phi) is 7.02. The zero-order valence-corrected chi connectivity index (χ0v) is 16.8. The van der Waals surface area contributed by atoms with Crippen molar-refractivity contribution in [1.82, 2.24) is 10.2 Å². The van der Waals surface area contributed by atoms with Crippen LogP contribution in [0.2, 0.25) is 0 Å². The summed E-state index contributed by atoms with van der Waals surface area (Å²) in [5.74, 6) is -1.77. The number of hydrogen-bond donors (Lipinski definition) is 2. The van der Waals surface area contributed by atoms with E-state index in [1.54, 1.807) is 0 Å². The Morgan fingerprint density at radius 2 is 1.97 bits per heavy atom. The number of carbonyl (C=O) groups is 2. The summed E-state index contributed by atoms with van der Waals surface area (Å²) < 4.78 is 37.8. The second-order valence-electron chi connectivity index (χ2n) is 8.31. The number of aliphatic carboxylic acids is 1. The SMILES string of the molecule is Cc1cccc(CN2C[C@H]3C[C@H](C(=O)NCC4CC4)[C@@H](C2)O3)c1.O=C(O)C(F)(F)F. The molecule has 0 unspecified atom stereocenters. The minimum absolute atomic E-state index is 0.0428. The summed E-state index contributed by atoms with van der Waals surface area (Å²) in [4.78, 5) is 23.8. The molecule has 1 saturated carbocycles. The number of ether oxygens (including phenoxy) is 1. The van der Waals surface area contributed by atoms with Crippen LogP contribution in [0.4, 0.5) is 13.2 Å². The summed E-state index contributed by atoms with van der Waals surface area (Å²) in [5, 5.41) is 10.3. The lowest BCUT2D eigenvalue weighted by Gasteiger charge is -2.32. The third kappa shape index (κ3) is 6.43. The Morgan fingerprint density at radius 1 is 1.27 bits per heavy atom. The molecule has 4 rings (SSSR count). The standard InChI is InChI=1S/C19H26N2O2.C2HF3O2/c1-13-3-2-4-15(7-13)10-21-11-16-8-17(18(12-21)23-16)19(22)20-9-14-5-6-14;3-2(4,5)1(6)7/h2-4,7,14,16-18H,5-6,8-12H2,1H3,(H,20,22);(H,6,7)/t16-,17+,18-;/m1./s1. The number of carbonyl (C=O) groups excluding carboxylic acids is 1. The first-order valence-electron chi connectivity index (χ1n) is 10.1. The molecule has 3 aliphatic rings. The van der Waals surface area contributed by atoms with Crippen molar-refractivity contribution >= 4 is 11.9 Å². The molecule has 30 heavy (non-hydrogen) atoms. The van der Waals surface area contributed by atoms with Crippen LogP contribution in [0.3, 0.4) is 0 Å². The van der Waals surface area contributed by atoms with Gasteiger partial charge in [-0.3, -0.25) is 9.69 Å². The van der Waals surface area contributed by atoms with Crippen LogP contribution >= 0.6 is 0 Å². The molecule has 3 fully saturated rings. The highest BCUT2D eigenvalue weighted by atomic mass is 19.4. The number of aryl methyl sites for hydroxylation is 1. The minimum atomic E-state index is -5.08. The molecule has 2 heterocycles. The van der Waals surface area contributed by atoms with Crippen LogP contribution < -0.4 is 5.32 Å². The predicted octanol–water partition coefficient (Wildman–Crippen LogP) is 2.74. The molecule has 0 spiro atoms. The van der Waals surface area contributed by atoms with E-state index in [9.17, 15) is 18.0 Å². The Hall–Kier alpha value is -2.13. The zero-order valence-electron chi connectivity index (χ0n) is 16.8. The summed E-state index contributed by atoms with van der Waals surface area (Å²) in [6.07, 6.45) is -1.37. The quantitative estimate of drug-likeness (QED) is 0.754. The summed E-state index contributed by atoms with van der Waals surface area (Å²) in [7, 11) is 0. The number of hydrogen-bond acceptors (Lipinski definition) is 4. The number of amides is 1. The molecule has 1 aromatic rings. The maximum absolute atomic E-state index is 12.4. The van der Waals surface area contributed by atoms with Crippen molar-refractivity contribution in [3.63, 3.8) is 0 Å². The van der Waals surface area contributed by atoms with Crippen molar-refractivity contribution in [2.45, 2.75) is 51.1 Å². The van der Waals surface area contributed by atoms with Gasteiger partial charge in [-0.2, -0.15) is 13.2 Å². The lowest BCUT2D eigenvalue weighted by Crippen LogP contribution is -2.45. The molecule has 2 saturated heterocycles. The van der Waals surface area contributed by atoms with Gasteiger partial charge in [0.1, 0.15) is 0 Å². The number of carboxylic acids is 1. The van der Waals surface area contributed by atoms with E-state index in [1.165, 1.54) is 24.0 Å². The lowest BCUT2D eigenvalue weighted by molar-refractivity contribution is -0.192. The third-order valence-electron chi connectivity index (χ3n) is 5.56. The van der Waals surface area contributed by atoms with Crippen LogP contribution in [0.1, 0.15) is 30.4 Å². The van der Waals surface area contributed by atoms with Crippen LogP contribution in [0.5, 0.6) is 0 Å². The largest absolute Gasteiger partial charge is 0.490 e. The Bertz CT molecular complexity index is 767. The number of alkyl halides is 3. The van der Waals surface area contributed by atoms with E-state index in [0.717, 1.165) is 38.5 Å². The number of benzene rings is 1. The summed E-state index contributed by atoms with van der Waals surface area (Å²) in [6.45, 7) is 5.75. The minimum Gasteiger partial charge on any atom is -0.475 e. The van der Waals surface area contributed by atoms with E-state index in [1.807, 2.05) is 0 Å². The molecule has 3 atom stereocenters. The number of morpholine rings is 1. The molecule has 1 aromatic carbocycles. The summed E-state index contributed by atoms with van der Waals surface area (Å²) in [5.41, 5.74) is 2.65. The fourth-order valence-electron chi connectivity index (χ4n) is 3.91. The van der Waals surface area contributed by atoms with Gasteiger partial charge < -0.3 is 15.2 Å². The van der Waals surface area contributed by atoms with Gasteiger partial charge in [0.2, 0.25) is 5.91 Å². The van der Waals surface area contributed by atoms with Crippen LogP contribution in [0.15, 0.2) is 24.3 Å². The highest BCUT2D eigenvalue weighted by Gasteiger charge is 2.44. The van der Waals surface area contributed by atoms with Crippen molar-refractivity contribution in [3.8, 4) is 0 Å². The Balaban J connectivity index is 0.000000318. The number of nitrogens with zero attached hydrogens (tertiary/aromatic N) is 1. The molecule has 1 aliphatic carbocycles. The van der Waals surface area contributed by atoms with Gasteiger partial charge in [-0.15, -0.1) is 0 Å². The molecule has 2 N–H and O–H groups in total. The van der Waals surface area contributed by atoms with Crippen LogP contribution in [0, 0.1) is 18.8 Å². The monoisotopic (exact) mass is 428 g/mol. The number of halogens is 3. The zero-order chi connectivity index (χ0) is 21.9. The second-order valence-corrected chi connectivity index (χ2v) is 8.31. The Morgan fingerprint density at radius 3 is 2.57 bits per heavy atom. The first-order valence-corrected chi connectivity index (χ1v) is 10.1. The second kappa shape index (κ2) is 9.34. The van der Waals surface area contributed by atoms with E-state index < -0.39 is 12.1 Å². The van der Waals surface area contributed by atoms with E-state index >= 15 is 0 Å². The van der Waals surface area contributed by atoms with Gasteiger partial charge in [0.25, 0.3) is 0 Å². The van der Waals surface area contributed by atoms with Gasteiger partial charge >= 0.3 is 12.1 Å². The Labute approximate surface area is 173 Å². The maximum atomic E-state index is 12.4. The van der Waals surface area contributed by atoms with E-state index in [4.69, 9.17) is 14.6 Å². The van der Waals surface area contributed by atoms with Gasteiger partial charge in [0.15, 0.2) is 0 Å². The molecule has 6 nitrogen and oxygen atoms in total. The van der Waals surface area contributed by atoms with E-state index in [-0.39, 0.29) is 24.0 Å². The van der Waals surface area contributed by atoms with Crippen molar-refractivity contribution < 1.29 is 32.6 Å². The number of likely N-dealkylation sites (tertiary alicyclic amines) is 1. The van der Waals surface area contributed by atoms with Gasteiger partial charge in [-0.1, -0.05) is 29.8 Å². The van der Waals surface area contributed by atoms with Crippen molar-refractivity contribution in [1.29, 1.82) is 0 Å². The number of fused-ring (bicyclic) bond motifs is 2. The third-order valence-corrected chi connectivity index (χ3v) is 5.56. The smallest absolute Gasteiger partial charge is 0.475 e. The average Bonchev–Trinajstić information content (AvgIpc) is 3.43. The average molecular weight is 428 g/mol. The van der Waals surface area contributed by atoms with Gasteiger partial charge in [0.05, 0.1) is 18.1 Å². The highest BCUT2D eigenvalue weighted by Crippen LogP contribution is 2.33. The number of nitrogens with one attached hydrogen (secondary N) is 1. The van der Waals surface area contributed by atoms with Gasteiger partial charge in [-0.05, 0) is 37.7 Å². The van der Waals surface area contributed by atoms with Crippen LogP contribution in [-0.4, -0.2) is 59.9 Å². The number of carboxylic acid groups (broad SMARTS) is 1. The normalized spacial score (nSPS) is 25.9. The van der Waals surface area contributed by atoms with Crippen molar-refractivity contribution in [3.05, 3.63) is 35.4 Å². The topological polar surface area (TPSA) is 78.9 Å². The molecule has 0 radical (unpaired) electrons. The van der Waals surface area contributed by atoms with Gasteiger partial charge in [-0.25, -0.2) is 4.79 Å². The first kappa shape index (κ1) is 22.6. The highest BCUT2D eigenvalue weighted by molar-refractivity contribution is 5.79. The molecule has 9 heteroatoms. The fourth-order valence-corrected chi connectivity index (χ4v) is 3.91. The summed E-state index contributed by atoms with van der Waals surface area (Å²) in [6, 6.07) is 8.68. The molecular weight excluding hydrogens is 401 g/mol. The predicted molar refractivity (Wildman–Crippen MR) is 103 cm³/mol. The fraction of sp³-hybridized carbons (Fsp3) is 0.619. The van der Waals surface area contributed by atoms with E-state index in [2.05, 4.69) is 41.4 Å². The van der Waals surface area contributed by atoms with Crippen LogP contribution in [0.25, 0.3) is 0 Å². The molecule has 2 bridgehead atoms. The lowest BCUT2D eigenvalue weighted by atomic mass is 9.99. The molecule has 166 valence electrons. The maximum Gasteiger partial charge on any atom is 0.490 e. The number of rotatable bonds is 5. The molecule has 1 amide bonds. The van der Waals surface area contributed by atoms with Crippen molar-refractivity contribution in [2.75, 3.05) is 19.6 Å².